The Morgan fingerprint density at radius 2 is 1.85 bits per heavy atom. The second-order valence-corrected chi connectivity index (χ2v) is 14.4. The average molecular weight is 588 g/mol. The number of anilines is 1. The quantitative estimate of drug-likeness (QED) is 0.328. The van der Waals surface area contributed by atoms with Gasteiger partial charge in [-0.15, -0.1) is 0 Å². The van der Waals surface area contributed by atoms with E-state index < -0.39 is 27.7 Å². The number of carboxylic acids is 1. The van der Waals surface area contributed by atoms with Crippen LogP contribution < -0.4 is 9.62 Å². The van der Waals surface area contributed by atoms with Crippen LogP contribution in [0, 0.1) is 13.8 Å². The van der Waals surface area contributed by atoms with Crippen LogP contribution in [-0.4, -0.2) is 54.5 Å². The molecule has 216 valence electrons. The number of aromatic nitrogens is 1. The average Bonchev–Trinajstić information content (AvgIpc) is 3.61. The van der Waals surface area contributed by atoms with Crippen molar-refractivity contribution in [3.63, 3.8) is 0 Å². The Morgan fingerprint density at radius 1 is 1.20 bits per heavy atom. The number of sulfonamides is 1. The van der Waals surface area contributed by atoms with E-state index in [1.54, 1.807) is 12.1 Å². The maximum absolute atomic E-state index is 13.5. The lowest BCUT2D eigenvalue weighted by molar-refractivity contribution is -0.160. The number of halogens is 1. The Balaban J connectivity index is 1.83. The van der Waals surface area contributed by atoms with Crippen molar-refractivity contribution in [1.29, 1.82) is 0 Å². The van der Waals surface area contributed by atoms with Crippen molar-refractivity contribution in [3.8, 4) is 11.1 Å². The molecule has 8 nitrogen and oxygen atoms in total. The molecule has 0 spiro atoms. The minimum atomic E-state index is -3.71. The molecule has 0 amide bonds. The maximum atomic E-state index is 13.5. The van der Waals surface area contributed by atoms with Crippen LogP contribution in [-0.2, 0) is 26.1 Å². The van der Waals surface area contributed by atoms with Gasteiger partial charge in [0.1, 0.15) is 0 Å². The van der Waals surface area contributed by atoms with Crippen LogP contribution in [0.5, 0.6) is 0 Å². The summed E-state index contributed by atoms with van der Waals surface area (Å²) in [5.74, 6) is -1.14. The molecule has 0 saturated heterocycles. The first-order chi connectivity index (χ1) is 18.7. The molecule has 1 aromatic heterocycles. The number of hydrogen-bond donors (Lipinski definition) is 2. The van der Waals surface area contributed by atoms with Crippen molar-refractivity contribution < 1.29 is 23.1 Å². The predicted octanol–water partition coefficient (Wildman–Crippen LogP) is 5.81. The Kier molecular flexibility index (Phi) is 7.48. The summed E-state index contributed by atoms with van der Waals surface area (Å²) < 4.78 is 36.9. The molecule has 2 atom stereocenters. The lowest BCUT2D eigenvalue weighted by atomic mass is 9.87. The van der Waals surface area contributed by atoms with Gasteiger partial charge in [0.15, 0.2) is 6.10 Å². The first-order valence-electron chi connectivity index (χ1n) is 13.7. The molecule has 5 rings (SSSR count). The van der Waals surface area contributed by atoms with Gasteiger partial charge in [0.05, 0.1) is 29.1 Å². The molecular formula is C30H38ClN3O5S. The van der Waals surface area contributed by atoms with Gasteiger partial charge in [-0.2, -0.15) is 0 Å². The second-order valence-electron chi connectivity index (χ2n) is 12.1. The van der Waals surface area contributed by atoms with Crippen molar-refractivity contribution >= 4 is 44.2 Å². The van der Waals surface area contributed by atoms with Gasteiger partial charge in [0, 0.05) is 34.3 Å². The summed E-state index contributed by atoms with van der Waals surface area (Å²) in [6.45, 7) is 10.5. The van der Waals surface area contributed by atoms with E-state index in [0.717, 1.165) is 35.0 Å². The van der Waals surface area contributed by atoms with E-state index >= 15 is 0 Å². The van der Waals surface area contributed by atoms with Crippen molar-refractivity contribution in [2.24, 2.45) is 0 Å². The molecule has 40 heavy (non-hydrogen) atoms. The monoisotopic (exact) mass is 587 g/mol. The first-order valence-corrected chi connectivity index (χ1v) is 16.0. The van der Waals surface area contributed by atoms with Gasteiger partial charge in [0.25, 0.3) is 0 Å². The number of aliphatic carboxylic acids is 1. The third-order valence-corrected chi connectivity index (χ3v) is 9.15. The van der Waals surface area contributed by atoms with Crippen molar-refractivity contribution in [2.75, 3.05) is 17.1 Å². The Labute approximate surface area is 241 Å². The first kappa shape index (κ1) is 28.9. The minimum absolute atomic E-state index is 0.317. The van der Waals surface area contributed by atoms with Crippen LogP contribution in [0.3, 0.4) is 0 Å². The lowest BCUT2D eigenvalue weighted by Gasteiger charge is -2.40. The van der Waals surface area contributed by atoms with Gasteiger partial charge >= 0.3 is 5.97 Å². The third-order valence-electron chi connectivity index (χ3n) is 7.71. The zero-order valence-corrected chi connectivity index (χ0v) is 25.5. The summed E-state index contributed by atoms with van der Waals surface area (Å²) in [4.78, 5) is 12.9. The number of benzene rings is 2. The fourth-order valence-corrected chi connectivity index (χ4v) is 7.36. The Morgan fingerprint density at radius 3 is 2.40 bits per heavy atom. The molecular weight excluding hydrogens is 550 g/mol. The van der Waals surface area contributed by atoms with E-state index in [1.165, 1.54) is 10.6 Å². The molecule has 2 heterocycles. The van der Waals surface area contributed by atoms with Crippen LogP contribution >= 0.6 is 11.6 Å². The van der Waals surface area contributed by atoms with Gasteiger partial charge in [-0.1, -0.05) is 23.7 Å². The smallest absolute Gasteiger partial charge is 0.337 e. The summed E-state index contributed by atoms with van der Waals surface area (Å²) in [6, 6.07) is 9.53. The molecule has 10 heteroatoms. The number of hydrogen-bond acceptors (Lipinski definition) is 5. The zero-order valence-electron chi connectivity index (χ0n) is 23.9. The van der Waals surface area contributed by atoms with Gasteiger partial charge in [0.2, 0.25) is 10.0 Å². The highest BCUT2D eigenvalue weighted by Gasteiger charge is 2.40. The van der Waals surface area contributed by atoms with E-state index in [-0.39, 0.29) is 6.04 Å². The molecule has 0 bridgehead atoms. The Bertz CT molecular complexity index is 1570. The molecule has 1 aliphatic heterocycles. The van der Waals surface area contributed by atoms with Gasteiger partial charge < -0.3 is 19.7 Å². The number of nitrogens with zero attached hydrogens (tertiary/aromatic N) is 2. The highest BCUT2D eigenvalue weighted by atomic mass is 35.5. The third kappa shape index (κ3) is 5.49. The van der Waals surface area contributed by atoms with E-state index in [0.29, 0.717) is 53.0 Å². The van der Waals surface area contributed by atoms with Gasteiger partial charge in [-0.05, 0) is 95.3 Å². The van der Waals surface area contributed by atoms with Crippen LogP contribution in [0.25, 0.3) is 22.0 Å². The largest absolute Gasteiger partial charge is 0.479 e. The lowest BCUT2D eigenvalue weighted by Crippen LogP contribution is -2.47. The normalized spacial score (nSPS) is 18.4. The fourth-order valence-electron chi connectivity index (χ4n) is 5.96. The molecule has 2 N–H and O–H groups in total. The van der Waals surface area contributed by atoms with Crippen molar-refractivity contribution in [3.05, 3.63) is 52.2 Å². The van der Waals surface area contributed by atoms with Crippen LogP contribution in [0.2, 0.25) is 5.02 Å². The highest BCUT2D eigenvalue weighted by Crippen LogP contribution is 2.49. The summed E-state index contributed by atoms with van der Waals surface area (Å²) in [5.41, 5.74) is 4.08. The number of ether oxygens (including phenoxy) is 1. The molecule has 2 aliphatic rings. The van der Waals surface area contributed by atoms with E-state index in [4.69, 9.17) is 16.3 Å². The number of nitrogens with one attached hydrogen (secondary N) is 1. The van der Waals surface area contributed by atoms with Crippen molar-refractivity contribution in [1.82, 2.24) is 9.88 Å². The van der Waals surface area contributed by atoms with Gasteiger partial charge in [-0.3, -0.25) is 4.31 Å². The molecule has 1 saturated carbocycles. The second kappa shape index (κ2) is 10.4. The van der Waals surface area contributed by atoms with E-state index in [2.05, 4.69) is 9.88 Å². The van der Waals surface area contributed by atoms with E-state index in [1.807, 2.05) is 52.8 Å². The number of aryl methyl sites for hydroxylation is 1. The summed E-state index contributed by atoms with van der Waals surface area (Å²) in [7, 11) is -3.71. The summed E-state index contributed by atoms with van der Waals surface area (Å²) in [6.07, 6.45) is 2.85. The van der Waals surface area contributed by atoms with Crippen LogP contribution in [0.15, 0.2) is 30.3 Å². The molecule has 1 fully saturated rings. The summed E-state index contributed by atoms with van der Waals surface area (Å²) in [5, 5.41) is 15.4. The zero-order chi connectivity index (χ0) is 29.1. The van der Waals surface area contributed by atoms with Crippen LogP contribution in [0.1, 0.15) is 63.0 Å². The molecule has 0 unspecified atom stereocenters. The highest BCUT2D eigenvalue weighted by molar-refractivity contribution is 7.92. The number of carboxylic acid groups (broad SMARTS) is 1. The fraction of sp³-hybridized carbons (Fsp3) is 0.500. The molecule has 2 aromatic carbocycles. The minimum Gasteiger partial charge on any atom is -0.479 e. The topological polar surface area (TPSA) is 101 Å². The van der Waals surface area contributed by atoms with E-state index in [9.17, 15) is 18.3 Å². The maximum Gasteiger partial charge on any atom is 0.337 e. The molecule has 3 aromatic rings. The van der Waals surface area contributed by atoms with Crippen LogP contribution in [0.4, 0.5) is 5.69 Å². The summed E-state index contributed by atoms with van der Waals surface area (Å²) >= 11 is 6.22. The standard InChI is InChI=1S/C30H38ClN3O5S/c1-17-15-23-25(19-7-9-20(31)10-8-19)24(28(29(35)36)39-30(3,4)5)18(2)26-27(23)33(17)16-22(34(26)40(6,37)38)13-14-32-21-11-12-21/h7-10,15,21-22,28,32H,11-14,16H2,1-6H3,(H,35,36)/t22-,28-/m0/s1. The Hall–Kier alpha value is -2.59. The van der Waals surface area contributed by atoms with Crippen molar-refractivity contribution in [2.45, 2.75) is 84.2 Å². The predicted molar refractivity (Wildman–Crippen MR) is 160 cm³/mol. The SMILES string of the molecule is Cc1c([C@H](OC(C)(C)C)C(=O)O)c(-c2ccc(Cl)cc2)c2cc(C)n3c2c1N(S(C)(=O)=O)[C@@H](CCNC1CC1)C3. The van der Waals surface area contributed by atoms with Gasteiger partial charge in [-0.25, -0.2) is 13.2 Å². The number of carbonyl (C=O) groups is 1. The molecule has 0 radical (unpaired) electrons. The number of rotatable bonds is 9. The molecule has 1 aliphatic carbocycles.